The van der Waals surface area contributed by atoms with Crippen molar-refractivity contribution in [3.05, 3.63) is 51.8 Å². The smallest absolute Gasteiger partial charge is 0.288 e. The number of nitrogens with zero attached hydrogens (tertiary/aromatic N) is 3. The van der Waals surface area contributed by atoms with Gasteiger partial charge in [0, 0.05) is 24.9 Å². The Hall–Kier alpha value is -3.23. The van der Waals surface area contributed by atoms with E-state index in [9.17, 15) is 14.9 Å². The van der Waals surface area contributed by atoms with Crippen molar-refractivity contribution >= 4 is 17.4 Å². The molecular weight excluding hydrogens is 326 g/mol. The molecule has 9 heteroatoms. The number of nitrogens with two attached hydrogens (primary N) is 1. The maximum Gasteiger partial charge on any atom is 0.288 e. The first-order chi connectivity index (χ1) is 11.7. The van der Waals surface area contributed by atoms with Gasteiger partial charge in [-0.2, -0.15) is 0 Å². The summed E-state index contributed by atoms with van der Waals surface area (Å²) in [7, 11) is 0. The summed E-state index contributed by atoms with van der Waals surface area (Å²) >= 11 is 0. The van der Waals surface area contributed by atoms with Gasteiger partial charge in [-0.3, -0.25) is 14.9 Å². The van der Waals surface area contributed by atoms with Gasteiger partial charge in [0.05, 0.1) is 10.5 Å². The molecule has 0 spiro atoms. The topological polar surface area (TPSA) is 133 Å². The maximum absolute atomic E-state index is 11.5. The van der Waals surface area contributed by atoms with Gasteiger partial charge < -0.3 is 15.8 Å². The molecule has 1 amide bonds. The van der Waals surface area contributed by atoms with E-state index in [1.165, 1.54) is 0 Å². The molecule has 25 heavy (non-hydrogen) atoms. The molecule has 0 saturated carbocycles. The molecule has 0 atom stereocenters. The molecule has 3 N–H and O–H groups in total. The molecular formula is C16H19N5O4. The summed E-state index contributed by atoms with van der Waals surface area (Å²) in [6.45, 7) is 6.06. The summed E-state index contributed by atoms with van der Waals surface area (Å²) in [4.78, 5) is 29.7. The molecule has 0 aliphatic carbocycles. The first-order valence-electron chi connectivity index (χ1n) is 7.48. The lowest BCUT2D eigenvalue weighted by molar-refractivity contribution is -0.385. The number of rotatable bonds is 6. The Morgan fingerprint density at radius 1 is 1.36 bits per heavy atom. The zero-order valence-corrected chi connectivity index (χ0v) is 14.1. The van der Waals surface area contributed by atoms with E-state index < -0.39 is 10.8 Å². The molecule has 0 aliphatic rings. The number of primary amides is 1. The van der Waals surface area contributed by atoms with E-state index >= 15 is 0 Å². The first kappa shape index (κ1) is 18.1. The summed E-state index contributed by atoms with van der Waals surface area (Å²) in [5.41, 5.74) is 5.39. The predicted molar refractivity (Wildman–Crippen MR) is 91.4 cm³/mol. The number of ether oxygens (including phenoxy) is 1. The van der Waals surface area contributed by atoms with Gasteiger partial charge in [-0.15, -0.1) is 0 Å². The van der Waals surface area contributed by atoms with Gasteiger partial charge in [0.15, 0.2) is 0 Å². The number of hydrogen-bond donors (Lipinski definition) is 2. The minimum absolute atomic E-state index is 0.0468. The van der Waals surface area contributed by atoms with Crippen molar-refractivity contribution in [1.29, 1.82) is 0 Å². The fourth-order valence-electron chi connectivity index (χ4n) is 2.00. The molecule has 0 saturated heterocycles. The molecule has 0 radical (unpaired) electrons. The molecule has 132 valence electrons. The van der Waals surface area contributed by atoms with Gasteiger partial charge in [0.1, 0.15) is 17.6 Å². The average Bonchev–Trinajstić information content (AvgIpc) is 2.51. The third-order valence-electron chi connectivity index (χ3n) is 3.02. The molecule has 9 nitrogen and oxygen atoms in total. The standard InChI is InChI=1S/C16H19N5O4/c1-16(2,3)25-13-6-10(4-5-18-13)8-19-15-12(14(17)22)7-11(9-20-15)21(23)24/h4-7,9H,8H2,1-3H3,(H2,17,22)(H,19,20). The van der Waals surface area contributed by atoms with Gasteiger partial charge in [0.2, 0.25) is 5.88 Å². The second-order valence-corrected chi connectivity index (χ2v) is 6.28. The molecule has 2 rings (SSSR count). The van der Waals surface area contributed by atoms with Crippen molar-refractivity contribution in [2.24, 2.45) is 5.73 Å². The predicted octanol–water partition coefficient (Wildman–Crippen LogP) is 2.27. The average molecular weight is 345 g/mol. The van der Waals surface area contributed by atoms with E-state index in [0.29, 0.717) is 12.4 Å². The second-order valence-electron chi connectivity index (χ2n) is 6.28. The number of pyridine rings is 2. The largest absolute Gasteiger partial charge is 0.472 e. The lowest BCUT2D eigenvalue weighted by atomic mass is 10.2. The van der Waals surface area contributed by atoms with Crippen molar-refractivity contribution in [2.75, 3.05) is 5.32 Å². The zero-order chi connectivity index (χ0) is 18.6. The highest BCUT2D eigenvalue weighted by Gasteiger charge is 2.16. The van der Waals surface area contributed by atoms with Gasteiger partial charge in [0.25, 0.3) is 11.6 Å². The van der Waals surface area contributed by atoms with Crippen molar-refractivity contribution in [2.45, 2.75) is 32.9 Å². The van der Waals surface area contributed by atoms with Crippen LogP contribution >= 0.6 is 0 Å². The second kappa shape index (κ2) is 7.12. The van der Waals surface area contributed by atoms with E-state index in [0.717, 1.165) is 17.8 Å². The van der Waals surface area contributed by atoms with Crippen molar-refractivity contribution in [1.82, 2.24) is 9.97 Å². The fourth-order valence-corrected chi connectivity index (χ4v) is 2.00. The number of nitro groups is 1. The van der Waals surface area contributed by atoms with Crippen LogP contribution in [0, 0.1) is 10.1 Å². The normalized spacial score (nSPS) is 11.0. The van der Waals surface area contributed by atoms with Crippen molar-refractivity contribution in [3.8, 4) is 5.88 Å². The fraction of sp³-hybridized carbons (Fsp3) is 0.312. The van der Waals surface area contributed by atoms with Crippen LogP contribution in [0.25, 0.3) is 0 Å². The minimum atomic E-state index is -0.801. The van der Waals surface area contributed by atoms with Crippen LogP contribution in [-0.2, 0) is 6.54 Å². The summed E-state index contributed by atoms with van der Waals surface area (Å²) in [5, 5.41) is 13.7. The molecule has 0 fully saturated rings. The minimum Gasteiger partial charge on any atom is -0.472 e. The van der Waals surface area contributed by atoms with Crippen LogP contribution in [0.1, 0.15) is 36.7 Å². The Morgan fingerprint density at radius 2 is 2.08 bits per heavy atom. The highest BCUT2D eigenvalue weighted by Crippen LogP contribution is 2.20. The number of aromatic nitrogens is 2. The van der Waals surface area contributed by atoms with Crippen LogP contribution in [0.15, 0.2) is 30.6 Å². The van der Waals surface area contributed by atoms with Crippen molar-refractivity contribution < 1.29 is 14.5 Å². The monoisotopic (exact) mass is 345 g/mol. The molecule has 0 unspecified atom stereocenters. The van der Waals surface area contributed by atoms with Crippen LogP contribution in [0.4, 0.5) is 11.5 Å². The quantitative estimate of drug-likeness (QED) is 0.606. The summed E-state index contributed by atoms with van der Waals surface area (Å²) in [5.74, 6) is -0.156. The molecule has 2 heterocycles. The van der Waals surface area contributed by atoms with Gasteiger partial charge in [-0.1, -0.05) is 0 Å². The lowest BCUT2D eigenvalue weighted by Crippen LogP contribution is -2.23. The highest BCUT2D eigenvalue weighted by atomic mass is 16.6. The number of nitrogens with one attached hydrogen (secondary N) is 1. The van der Waals surface area contributed by atoms with Crippen LogP contribution in [-0.4, -0.2) is 26.4 Å². The van der Waals surface area contributed by atoms with E-state index in [2.05, 4.69) is 15.3 Å². The number of amides is 1. The Bertz CT molecular complexity index is 801. The lowest BCUT2D eigenvalue weighted by Gasteiger charge is -2.20. The molecule has 2 aromatic rings. The maximum atomic E-state index is 11.5. The molecule has 2 aromatic heterocycles. The SMILES string of the molecule is CC(C)(C)Oc1cc(CNc2ncc([N+](=O)[O-])cc2C(N)=O)ccn1. The number of carbonyl (C=O) groups is 1. The van der Waals surface area contributed by atoms with E-state index in [1.54, 1.807) is 18.3 Å². The van der Waals surface area contributed by atoms with Crippen LogP contribution in [0.3, 0.4) is 0 Å². The van der Waals surface area contributed by atoms with Gasteiger partial charge in [-0.25, -0.2) is 9.97 Å². The van der Waals surface area contributed by atoms with Crippen LogP contribution in [0.5, 0.6) is 5.88 Å². The number of hydrogen-bond acceptors (Lipinski definition) is 7. The zero-order valence-electron chi connectivity index (χ0n) is 14.1. The Morgan fingerprint density at radius 3 is 2.68 bits per heavy atom. The van der Waals surface area contributed by atoms with Crippen LogP contribution < -0.4 is 15.8 Å². The van der Waals surface area contributed by atoms with E-state index in [-0.39, 0.29) is 22.7 Å². The Kier molecular flexibility index (Phi) is 5.16. The van der Waals surface area contributed by atoms with E-state index in [4.69, 9.17) is 10.5 Å². The summed E-state index contributed by atoms with van der Waals surface area (Å²) in [6.07, 6.45) is 2.67. The third-order valence-corrected chi connectivity index (χ3v) is 3.02. The molecule has 0 bridgehead atoms. The van der Waals surface area contributed by atoms with Gasteiger partial charge in [-0.05, 0) is 32.4 Å². The van der Waals surface area contributed by atoms with E-state index in [1.807, 2.05) is 20.8 Å². The molecule has 0 aliphatic heterocycles. The van der Waals surface area contributed by atoms with Crippen LogP contribution in [0.2, 0.25) is 0 Å². The van der Waals surface area contributed by atoms with Gasteiger partial charge >= 0.3 is 0 Å². The Labute approximate surface area is 144 Å². The first-order valence-corrected chi connectivity index (χ1v) is 7.48. The number of anilines is 1. The molecule has 0 aromatic carbocycles. The Balaban J connectivity index is 2.17. The summed E-state index contributed by atoms with van der Waals surface area (Å²) in [6, 6.07) is 4.63. The highest BCUT2D eigenvalue weighted by molar-refractivity contribution is 5.98. The van der Waals surface area contributed by atoms with Crippen molar-refractivity contribution in [3.63, 3.8) is 0 Å². The third kappa shape index (κ3) is 5.13. The summed E-state index contributed by atoms with van der Waals surface area (Å²) < 4.78 is 5.69. The number of carbonyl (C=O) groups excluding carboxylic acids is 1.